The summed E-state index contributed by atoms with van der Waals surface area (Å²) in [5.41, 5.74) is 0.318. The van der Waals surface area contributed by atoms with Gasteiger partial charge in [-0.15, -0.1) is 0 Å². The molecule has 194 valence electrons. The van der Waals surface area contributed by atoms with Crippen LogP contribution in [-0.2, 0) is 15.7 Å². The lowest BCUT2D eigenvalue weighted by Crippen LogP contribution is -2.33. The third-order valence-corrected chi connectivity index (χ3v) is 11.1. The first kappa shape index (κ1) is 27.6. The van der Waals surface area contributed by atoms with E-state index in [0.717, 1.165) is 15.9 Å². The van der Waals surface area contributed by atoms with Crippen LogP contribution >= 0.6 is 23.2 Å². The highest BCUT2D eigenvalue weighted by Gasteiger charge is 2.47. The summed E-state index contributed by atoms with van der Waals surface area (Å²) >= 11 is 3.48. The lowest BCUT2D eigenvalue weighted by molar-refractivity contribution is -0.167. The molecule has 0 atom stereocenters. The van der Waals surface area contributed by atoms with Gasteiger partial charge >= 0.3 is 18.1 Å². The Labute approximate surface area is 227 Å². The molecule has 0 fully saturated rings. The molecule has 0 saturated carbocycles. The Hall–Kier alpha value is -3.48. The van der Waals surface area contributed by atoms with E-state index in [1.165, 1.54) is 19.2 Å². The fourth-order valence-corrected chi connectivity index (χ4v) is 9.46. The highest BCUT2D eigenvalue weighted by molar-refractivity contribution is 9.10. The highest BCUT2D eigenvalue weighted by Crippen LogP contribution is 2.59. The topological polar surface area (TPSA) is 55.4 Å². The van der Waals surface area contributed by atoms with E-state index in [4.69, 9.17) is 4.74 Å². The van der Waals surface area contributed by atoms with Crippen molar-refractivity contribution in [1.82, 2.24) is 0 Å². The number of carbonyl (C=O) groups is 2. The maximum absolute atomic E-state index is 13.3. The molecular formula is C29H23BrF3NO3P+. The van der Waals surface area contributed by atoms with Crippen LogP contribution in [0.4, 0.5) is 18.9 Å². The van der Waals surface area contributed by atoms with Crippen molar-refractivity contribution in [3.8, 4) is 0 Å². The molecule has 0 spiro atoms. The van der Waals surface area contributed by atoms with Gasteiger partial charge in [-0.05, 0) is 48.5 Å². The standard InChI is InChI=1S/C29H22BrF3NO3P/c1-37-27(35)20-17-25(30)24(26(18-20)34-28(36)29(31,32)33)19-38(21-11-5-2-6-12-21,22-13-7-3-8-14-22)23-15-9-4-10-16-23/h2-18H,19H2,1H3/p+1. The van der Waals surface area contributed by atoms with E-state index in [1.54, 1.807) is 0 Å². The minimum absolute atomic E-state index is 0.00339. The molecule has 4 nitrogen and oxygen atoms in total. The van der Waals surface area contributed by atoms with Crippen molar-refractivity contribution in [1.29, 1.82) is 0 Å². The molecule has 9 heteroatoms. The van der Waals surface area contributed by atoms with Gasteiger partial charge in [0.2, 0.25) is 0 Å². The monoisotopic (exact) mass is 600 g/mol. The first-order valence-electron chi connectivity index (χ1n) is 11.5. The molecule has 0 aliphatic rings. The van der Waals surface area contributed by atoms with E-state index in [9.17, 15) is 22.8 Å². The summed E-state index contributed by atoms with van der Waals surface area (Å²) in [5, 5.41) is 5.03. The number of alkyl halides is 3. The van der Waals surface area contributed by atoms with Crippen molar-refractivity contribution in [2.24, 2.45) is 0 Å². The zero-order valence-corrected chi connectivity index (χ0v) is 22.7. The smallest absolute Gasteiger partial charge is 0.465 e. The number of esters is 1. The molecule has 1 N–H and O–H groups in total. The molecule has 4 rings (SSSR count). The number of carbonyl (C=O) groups excluding carboxylic acids is 2. The molecule has 0 saturated heterocycles. The van der Waals surface area contributed by atoms with Gasteiger partial charge in [-0.2, -0.15) is 13.2 Å². The van der Waals surface area contributed by atoms with Crippen molar-refractivity contribution < 1.29 is 27.5 Å². The molecule has 0 heterocycles. The van der Waals surface area contributed by atoms with Gasteiger partial charge in [0.05, 0.1) is 12.7 Å². The van der Waals surface area contributed by atoms with Gasteiger partial charge in [0.15, 0.2) is 0 Å². The SMILES string of the molecule is COC(=O)c1cc(Br)c(C[P+](c2ccccc2)(c2ccccc2)c2ccccc2)c(NC(=O)C(F)(F)F)c1. The second kappa shape index (κ2) is 11.5. The Morgan fingerprint density at radius 2 is 1.26 bits per heavy atom. The van der Waals surface area contributed by atoms with Crippen LogP contribution in [0.15, 0.2) is 108 Å². The van der Waals surface area contributed by atoms with E-state index >= 15 is 0 Å². The predicted molar refractivity (Wildman–Crippen MR) is 149 cm³/mol. The Morgan fingerprint density at radius 3 is 1.66 bits per heavy atom. The summed E-state index contributed by atoms with van der Waals surface area (Å²) in [6.07, 6.45) is -4.85. The lowest BCUT2D eigenvalue weighted by atomic mass is 10.1. The quantitative estimate of drug-likeness (QED) is 0.202. The van der Waals surface area contributed by atoms with E-state index in [2.05, 4.69) is 15.9 Å². The zero-order chi connectivity index (χ0) is 27.3. The van der Waals surface area contributed by atoms with Crippen molar-refractivity contribution in [3.05, 3.63) is 119 Å². The Bertz CT molecular complexity index is 1340. The van der Waals surface area contributed by atoms with Gasteiger partial charge in [-0.1, -0.05) is 70.5 Å². The first-order chi connectivity index (χ1) is 18.2. The second-order valence-electron chi connectivity index (χ2n) is 8.40. The number of hydrogen-bond donors (Lipinski definition) is 1. The molecule has 1 amide bonds. The molecule has 0 aliphatic heterocycles. The number of rotatable bonds is 7. The minimum Gasteiger partial charge on any atom is -0.465 e. The number of halogens is 4. The largest absolute Gasteiger partial charge is 0.471 e. The Morgan fingerprint density at radius 1 is 0.816 bits per heavy atom. The van der Waals surface area contributed by atoms with Crippen molar-refractivity contribution in [3.63, 3.8) is 0 Å². The first-order valence-corrected chi connectivity index (χ1v) is 14.3. The molecule has 0 bridgehead atoms. The fourth-order valence-electron chi connectivity index (χ4n) is 4.34. The maximum atomic E-state index is 13.3. The summed E-state index contributed by atoms with van der Waals surface area (Å²) in [7, 11) is -1.36. The van der Waals surface area contributed by atoms with Gasteiger partial charge < -0.3 is 10.1 Å². The average Bonchev–Trinajstić information content (AvgIpc) is 2.93. The van der Waals surface area contributed by atoms with Crippen LogP contribution in [0.3, 0.4) is 0 Å². The number of hydrogen-bond acceptors (Lipinski definition) is 3. The Kier molecular flexibility index (Phi) is 8.34. The van der Waals surface area contributed by atoms with Crippen LogP contribution in [-0.4, -0.2) is 25.2 Å². The van der Waals surface area contributed by atoms with E-state index in [0.29, 0.717) is 10.0 Å². The fraction of sp³-hybridized carbons (Fsp3) is 0.103. The van der Waals surface area contributed by atoms with Crippen LogP contribution in [0.25, 0.3) is 0 Å². The normalized spacial score (nSPS) is 11.6. The summed E-state index contributed by atoms with van der Waals surface area (Å²) in [6, 6.07) is 32.1. The number of ether oxygens (including phenoxy) is 1. The van der Waals surface area contributed by atoms with Crippen LogP contribution in [0, 0.1) is 0 Å². The molecule has 0 radical (unpaired) electrons. The third-order valence-electron chi connectivity index (χ3n) is 6.11. The van der Waals surface area contributed by atoms with Crippen molar-refractivity contribution >= 4 is 56.7 Å². The highest BCUT2D eigenvalue weighted by atomic mass is 79.9. The Balaban J connectivity index is 2.02. The molecule has 0 aromatic heterocycles. The second-order valence-corrected chi connectivity index (χ2v) is 12.7. The van der Waals surface area contributed by atoms with Gasteiger partial charge in [0, 0.05) is 15.7 Å². The van der Waals surface area contributed by atoms with Gasteiger partial charge in [-0.3, -0.25) is 4.79 Å². The van der Waals surface area contributed by atoms with Gasteiger partial charge in [-0.25, -0.2) is 4.79 Å². The van der Waals surface area contributed by atoms with Crippen LogP contribution in [0.2, 0.25) is 0 Å². The molecule has 4 aromatic carbocycles. The molecule has 0 unspecified atom stereocenters. The van der Waals surface area contributed by atoms with E-state index in [1.807, 2.05) is 96.3 Å². The number of methoxy groups -OCH3 is 1. The molecular weight excluding hydrogens is 578 g/mol. The summed E-state index contributed by atoms with van der Waals surface area (Å²) in [5.74, 6) is -2.87. The van der Waals surface area contributed by atoms with Crippen LogP contribution < -0.4 is 21.2 Å². The summed E-state index contributed by atoms with van der Waals surface area (Å²) in [4.78, 5) is 24.4. The average molecular weight is 601 g/mol. The zero-order valence-electron chi connectivity index (χ0n) is 20.2. The number of benzene rings is 4. The number of anilines is 1. The maximum Gasteiger partial charge on any atom is 0.471 e. The summed E-state index contributed by atoms with van der Waals surface area (Å²) < 4.78 is 45.1. The third kappa shape index (κ3) is 5.66. The number of nitrogens with one attached hydrogen (secondary N) is 1. The van der Waals surface area contributed by atoms with Gasteiger partial charge in [0.25, 0.3) is 0 Å². The molecule has 4 aromatic rings. The lowest BCUT2D eigenvalue weighted by Gasteiger charge is -2.29. The number of amides is 1. The van der Waals surface area contributed by atoms with Crippen LogP contribution in [0.1, 0.15) is 15.9 Å². The molecule has 38 heavy (non-hydrogen) atoms. The van der Waals surface area contributed by atoms with Crippen LogP contribution in [0.5, 0.6) is 0 Å². The minimum atomic E-state index is -5.12. The van der Waals surface area contributed by atoms with Gasteiger partial charge in [0.1, 0.15) is 29.3 Å². The summed E-state index contributed by atoms with van der Waals surface area (Å²) in [6.45, 7) is 0. The van der Waals surface area contributed by atoms with E-state index < -0.39 is 25.3 Å². The predicted octanol–water partition coefficient (Wildman–Crippen LogP) is 6.23. The van der Waals surface area contributed by atoms with E-state index in [-0.39, 0.29) is 17.4 Å². The van der Waals surface area contributed by atoms with Crippen molar-refractivity contribution in [2.75, 3.05) is 12.4 Å². The van der Waals surface area contributed by atoms with Crippen molar-refractivity contribution in [2.45, 2.75) is 12.3 Å². The molecule has 0 aliphatic carbocycles.